The van der Waals surface area contributed by atoms with Crippen LogP contribution in [-0.2, 0) is 0 Å². The van der Waals surface area contributed by atoms with E-state index in [-0.39, 0.29) is 5.82 Å². The monoisotopic (exact) mass is 249 g/mol. The molecule has 1 aromatic rings. The topological polar surface area (TPSA) is 12.0 Å². The van der Waals surface area contributed by atoms with Crippen LogP contribution in [-0.4, -0.2) is 13.6 Å². The summed E-state index contributed by atoms with van der Waals surface area (Å²) in [4.78, 5) is 0. The summed E-state index contributed by atoms with van der Waals surface area (Å²) >= 11 is 0. The summed E-state index contributed by atoms with van der Waals surface area (Å²) in [6.45, 7) is 0.968. The number of rotatable bonds is 5. The van der Waals surface area contributed by atoms with Gasteiger partial charge >= 0.3 is 0 Å². The number of nitrogens with one attached hydrogen (secondary N) is 1. The van der Waals surface area contributed by atoms with Gasteiger partial charge in [-0.15, -0.1) is 0 Å². The third kappa shape index (κ3) is 3.32. The van der Waals surface area contributed by atoms with Gasteiger partial charge < -0.3 is 5.32 Å². The lowest BCUT2D eigenvalue weighted by Crippen LogP contribution is -2.21. The van der Waals surface area contributed by atoms with Crippen LogP contribution in [0.25, 0.3) is 0 Å². The normalized spacial score (nSPS) is 18.8. The molecule has 100 valence electrons. The molecule has 1 unspecified atom stereocenters. The summed E-state index contributed by atoms with van der Waals surface area (Å²) in [7, 11) is 1.97. The van der Waals surface area contributed by atoms with Crippen LogP contribution in [0.3, 0.4) is 0 Å². The van der Waals surface area contributed by atoms with Crippen molar-refractivity contribution in [1.29, 1.82) is 0 Å². The second-order valence-electron chi connectivity index (χ2n) is 5.42. The van der Waals surface area contributed by atoms with Gasteiger partial charge in [0, 0.05) is 0 Å². The van der Waals surface area contributed by atoms with Crippen molar-refractivity contribution >= 4 is 0 Å². The van der Waals surface area contributed by atoms with E-state index < -0.39 is 0 Å². The summed E-state index contributed by atoms with van der Waals surface area (Å²) in [5, 5.41) is 3.20. The van der Waals surface area contributed by atoms with Crippen LogP contribution in [0.5, 0.6) is 0 Å². The van der Waals surface area contributed by atoms with E-state index in [9.17, 15) is 4.39 Å². The van der Waals surface area contributed by atoms with Crippen LogP contribution in [0.15, 0.2) is 24.3 Å². The first-order valence-electron chi connectivity index (χ1n) is 7.22. The molecule has 1 saturated carbocycles. The molecule has 1 N–H and O–H groups in total. The Kier molecular flexibility index (Phi) is 5.18. The Morgan fingerprint density at radius 1 is 1.22 bits per heavy atom. The maximum absolute atomic E-state index is 14.0. The van der Waals surface area contributed by atoms with Crippen LogP contribution >= 0.6 is 0 Å². The molecule has 1 nitrogen and oxygen atoms in total. The summed E-state index contributed by atoms with van der Waals surface area (Å²) < 4.78 is 14.0. The average Bonchev–Trinajstić information content (AvgIpc) is 2.42. The van der Waals surface area contributed by atoms with Gasteiger partial charge in [0.1, 0.15) is 5.82 Å². The fourth-order valence-electron chi connectivity index (χ4n) is 3.26. The molecule has 1 atom stereocenters. The molecule has 0 saturated heterocycles. The van der Waals surface area contributed by atoms with Gasteiger partial charge in [-0.05, 0) is 56.3 Å². The summed E-state index contributed by atoms with van der Waals surface area (Å²) in [6, 6.07) is 7.33. The van der Waals surface area contributed by atoms with Crippen LogP contribution < -0.4 is 5.32 Å². The van der Waals surface area contributed by atoms with Crippen LogP contribution in [0.2, 0.25) is 0 Å². The summed E-state index contributed by atoms with van der Waals surface area (Å²) in [5.41, 5.74) is 0.930. The maximum Gasteiger partial charge on any atom is 0.126 e. The molecule has 0 aliphatic heterocycles. The van der Waals surface area contributed by atoms with Gasteiger partial charge in [0.05, 0.1) is 0 Å². The van der Waals surface area contributed by atoms with Gasteiger partial charge in [-0.2, -0.15) is 0 Å². The molecule has 1 aliphatic carbocycles. The highest BCUT2D eigenvalue weighted by Crippen LogP contribution is 2.38. The molecular weight excluding hydrogens is 225 g/mol. The Morgan fingerprint density at radius 2 is 1.94 bits per heavy atom. The van der Waals surface area contributed by atoms with Gasteiger partial charge in [0.2, 0.25) is 0 Å². The van der Waals surface area contributed by atoms with Crippen molar-refractivity contribution in [3.8, 4) is 0 Å². The second-order valence-corrected chi connectivity index (χ2v) is 5.42. The van der Waals surface area contributed by atoms with E-state index in [1.807, 2.05) is 19.2 Å². The van der Waals surface area contributed by atoms with Crippen molar-refractivity contribution in [2.75, 3.05) is 13.6 Å². The molecular formula is C16H24FN. The number of halogens is 1. The Balaban J connectivity index is 2.15. The quantitative estimate of drug-likeness (QED) is 0.828. The Morgan fingerprint density at radius 3 is 2.61 bits per heavy atom. The molecule has 1 aromatic carbocycles. The minimum Gasteiger partial charge on any atom is -0.320 e. The average molecular weight is 249 g/mol. The zero-order chi connectivity index (χ0) is 12.8. The Bertz CT molecular complexity index is 358. The van der Waals surface area contributed by atoms with Crippen LogP contribution in [0.4, 0.5) is 4.39 Å². The molecule has 0 spiro atoms. The number of benzene rings is 1. The maximum atomic E-state index is 14.0. The molecule has 0 aromatic heterocycles. The van der Waals surface area contributed by atoms with Crippen molar-refractivity contribution in [2.45, 2.75) is 44.4 Å². The predicted molar refractivity (Wildman–Crippen MR) is 74.3 cm³/mol. The van der Waals surface area contributed by atoms with E-state index >= 15 is 0 Å². The first kappa shape index (κ1) is 13.5. The second kappa shape index (κ2) is 6.89. The first-order chi connectivity index (χ1) is 8.83. The van der Waals surface area contributed by atoms with E-state index in [1.165, 1.54) is 32.1 Å². The summed E-state index contributed by atoms with van der Waals surface area (Å²) in [5.74, 6) is 1.03. The Labute approximate surface area is 110 Å². The summed E-state index contributed by atoms with van der Waals surface area (Å²) in [6.07, 6.45) is 7.56. The highest BCUT2D eigenvalue weighted by Gasteiger charge is 2.26. The molecule has 0 bridgehead atoms. The number of hydrogen-bond donors (Lipinski definition) is 1. The molecule has 0 heterocycles. The SMILES string of the molecule is CNCCC(c1ccccc1F)C1CCCCC1. The van der Waals surface area contributed by atoms with Crippen molar-refractivity contribution < 1.29 is 4.39 Å². The first-order valence-corrected chi connectivity index (χ1v) is 7.22. The molecule has 2 heteroatoms. The standard InChI is InChI=1S/C16H24FN/c1-18-12-11-14(13-7-3-2-4-8-13)15-9-5-6-10-16(15)17/h5-6,9-10,13-14,18H,2-4,7-8,11-12H2,1H3. The third-order valence-corrected chi connectivity index (χ3v) is 4.23. The number of hydrogen-bond acceptors (Lipinski definition) is 1. The molecule has 1 aliphatic rings. The lowest BCUT2D eigenvalue weighted by Gasteiger charge is -2.31. The van der Waals surface area contributed by atoms with Gasteiger partial charge in [-0.1, -0.05) is 37.5 Å². The smallest absolute Gasteiger partial charge is 0.126 e. The van der Waals surface area contributed by atoms with Gasteiger partial charge in [-0.25, -0.2) is 4.39 Å². The van der Waals surface area contributed by atoms with E-state index in [0.717, 1.165) is 18.5 Å². The zero-order valence-corrected chi connectivity index (χ0v) is 11.3. The highest BCUT2D eigenvalue weighted by molar-refractivity contribution is 5.22. The molecule has 0 amide bonds. The van der Waals surface area contributed by atoms with E-state index in [2.05, 4.69) is 5.32 Å². The van der Waals surface area contributed by atoms with E-state index in [1.54, 1.807) is 12.1 Å². The van der Waals surface area contributed by atoms with Crippen molar-refractivity contribution in [3.05, 3.63) is 35.6 Å². The fraction of sp³-hybridized carbons (Fsp3) is 0.625. The van der Waals surface area contributed by atoms with Crippen molar-refractivity contribution in [3.63, 3.8) is 0 Å². The van der Waals surface area contributed by atoms with E-state index in [4.69, 9.17) is 0 Å². The molecule has 2 rings (SSSR count). The van der Waals surface area contributed by atoms with E-state index in [0.29, 0.717) is 11.8 Å². The fourth-order valence-corrected chi connectivity index (χ4v) is 3.26. The van der Waals surface area contributed by atoms with Crippen LogP contribution in [0, 0.1) is 11.7 Å². The van der Waals surface area contributed by atoms with Crippen LogP contribution in [0.1, 0.15) is 50.0 Å². The lowest BCUT2D eigenvalue weighted by molar-refractivity contribution is 0.288. The highest BCUT2D eigenvalue weighted by atomic mass is 19.1. The minimum atomic E-state index is -0.0239. The van der Waals surface area contributed by atoms with Crippen molar-refractivity contribution in [1.82, 2.24) is 5.32 Å². The predicted octanol–water partition coefficient (Wildman–Crippen LogP) is 4.10. The lowest BCUT2D eigenvalue weighted by atomic mass is 9.75. The largest absolute Gasteiger partial charge is 0.320 e. The third-order valence-electron chi connectivity index (χ3n) is 4.23. The van der Waals surface area contributed by atoms with Gasteiger partial charge in [0.15, 0.2) is 0 Å². The van der Waals surface area contributed by atoms with Gasteiger partial charge in [0.25, 0.3) is 0 Å². The molecule has 0 radical (unpaired) electrons. The zero-order valence-electron chi connectivity index (χ0n) is 11.3. The molecule has 1 fully saturated rings. The minimum absolute atomic E-state index is 0.0239. The van der Waals surface area contributed by atoms with Crippen molar-refractivity contribution in [2.24, 2.45) is 5.92 Å². The van der Waals surface area contributed by atoms with Gasteiger partial charge in [-0.3, -0.25) is 0 Å². The Hall–Kier alpha value is -0.890. The molecule has 18 heavy (non-hydrogen) atoms.